The van der Waals surface area contributed by atoms with Gasteiger partial charge in [-0.25, -0.2) is 13.6 Å². The fourth-order valence-corrected chi connectivity index (χ4v) is 3.15. The highest BCUT2D eigenvalue weighted by Crippen LogP contribution is 2.38. The van der Waals surface area contributed by atoms with E-state index in [4.69, 9.17) is 28.3 Å². The van der Waals surface area contributed by atoms with Gasteiger partial charge >= 0.3 is 0 Å². The molecule has 0 fully saturated rings. The molecular formula is C14H12Cl2N2O4S. The molecular weight excluding hydrogens is 363 g/mol. The van der Waals surface area contributed by atoms with Crippen LogP contribution in [0.2, 0.25) is 10.0 Å². The molecule has 0 aliphatic rings. The summed E-state index contributed by atoms with van der Waals surface area (Å²) in [5.41, 5.74) is 0.157. The van der Waals surface area contributed by atoms with E-state index in [0.29, 0.717) is 5.02 Å². The zero-order valence-corrected chi connectivity index (χ0v) is 14.2. The second-order valence-corrected chi connectivity index (χ2v) is 7.02. The van der Waals surface area contributed by atoms with Gasteiger partial charge < -0.3 is 5.11 Å². The minimum atomic E-state index is -4.20. The van der Waals surface area contributed by atoms with E-state index < -0.39 is 20.8 Å². The van der Waals surface area contributed by atoms with Crippen molar-refractivity contribution >= 4 is 50.5 Å². The van der Waals surface area contributed by atoms with Crippen LogP contribution in [0.4, 0.5) is 11.4 Å². The van der Waals surface area contributed by atoms with E-state index in [1.165, 1.54) is 37.3 Å². The Hall–Kier alpha value is -1.80. The highest BCUT2D eigenvalue weighted by Gasteiger charge is 2.25. The summed E-state index contributed by atoms with van der Waals surface area (Å²) in [6.07, 6.45) is 0. The fraction of sp³-hybridized carbons (Fsp3) is 0.0714. The SMILES string of the molecule is CC(=O)N(c1cc(Cl)ccc1Cl)c1ccc(O)cc1S(N)(=O)=O. The van der Waals surface area contributed by atoms with Crippen LogP contribution >= 0.6 is 23.2 Å². The predicted molar refractivity (Wildman–Crippen MR) is 88.8 cm³/mol. The summed E-state index contributed by atoms with van der Waals surface area (Å²) in [5, 5.41) is 15.2. The van der Waals surface area contributed by atoms with Gasteiger partial charge in [-0.2, -0.15) is 0 Å². The Morgan fingerprint density at radius 3 is 2.35 bits per heavy atom. The van der Waals surface area contributed by atoms with E-state index in [0.717, 1.165) is 11.0 Å². The zero-order chi connectivity index (χ0) is 17.4. The lowest BCUT2D eigenvalue weighted by molar-refractivity contribution is -0.115. The molecule has 9 heteroatoms. The first-order chi connectivity index (χ1) is 10.6. The summed E-state index contributed by atoms with van der Waals surface area (Å²) >= 11 is 12.0. The Balaban J connectivity index is 2.79. The van der Waals surface area contributed by atoms with Crippen molar-refractivity contribution in [3.63, 3.8) is 0 Å². The average Bonchev–Trinajstić information content (AvgIpc) is 2.43. The molecule has 0 heterocycles. The van der Waals surface area contributed by atoms with Crippen LogP contribution in [-0.4, -0.2) is 19.4 Å². The number of rotatable bonds is 3. The number of nitrogens with two attached hydrogens (primary N) is 1. The Labute approximate surface area is 143 Å². The maximum atomic E-state index is 12.1. The molecule has 0 saturated carbocycles. The fourth-order valence-electron chi connectivity index (χ4n) is 2.04. The molecule has 0 radical (unpaired) electrons. The van der Waals surface area contributed by atoms with Crippen LogP contribution < -0.4 is 10.0 Å². The summed E-state index contributed by atoms with van der Waals surface area (Å²) in [5.74, 6) is -0.816. The molecule has 0 aromatic heterocycles. The first-order valence-electron chi connectivity index (χ1n) is 6.23. The van der Waals surface area contributed by atoms with Gasteiger partial charge in [0.15, 0.2) is 0 Å². The molecule has 122 valence electrons. The summed E-state index contributed by atoms with van der Waals surface area (Å²) < 4.78 is 23.6. The third kappa shape index (κ3) is 3.76. The van der Waals surface area contributed by atoms with Gasteiger partial charge in [0.05, 0.1) is 16.4 Å². The summed E-state index contributed by atoms with van der Waals surface area (Å²) in [6, 6.07) is 7.88. The smallest absolute Gasteiger partial charge is 0.240 e. The molecule has 0 spiro atoms. The number of sulfonamides is 1. The van der Waals surface area contributed by atoms with Crippen LogP contribution in [0.3, 0.4) is 0 Å². The van der Waals surface area contributed by atoms with Crippen molar-refractivity contribution in [2.75, 3.05) is 4.90 Å². The lowest BCUT2D eigenvalue weighted by Gasteiger charge is -2.24. The number of nitrogens with zero attached hydrogens (tertiary/aromatic N) is 1. The molecule has 0 unspecified atom stereocenters. The summed E-state index contributed by atoms with van der Waals surface area (Å²) in [6.45, 7) is 1.23. The minimum Gasteiger partial charge on any atom is -0.508 e. The Morgan fingerprint density at radius 1 is 1.13 bits per heavy atom. The molecule has 0 atom stereocenters. The van der Waals surface area contributed by atoms with E-state index in [-0.39, 0.29) is 22.1 Å². The van der Waals surface area contributed by atoms with Crippen molar-refractivity contribution < 1.29 is 18.3 Å². The number of phenolic OH excluding ortho intramolecular Hbond substituents is 1. The van der Waals surface area contributed by atoms with E-state index in [9.17, 15) is 18.3 Å². The van der Waals surface area contributed by atoms with Gasteiger partial charge in [0.2, 0.25) is 15.9 Å². The van der Waals surface area contributed by atoms with Crippen LogP contribution in [0, 0.1) is 0 Å². The molecule has 6 nitrogen and oxygen atoms in total. The highest BCUT2D eigenvalue weighted by molar-refractivity contribution is 7.89. The number of carbonyl (C=O) groups excluding carboxylic acids is 1. The molecule has 2 aromatic carbocycles. The topological polar surface area (TPSA) is 101 Å². The summed E-state index contributed by atoms with van der Waals surface area (Å²) in [4.78, 5) is 12.7. The number of halogens is 2. The second-order valence-electron chi connectivity index (χ2n) is 4.65. The lowest BCUT2D eigenvalue weighted by Crippen LogP contribution is -2.26. The molecule has 0 bridgehead atoms. The molecule has 0 saturated heterocycles. The van der Waals surface area contributed by atoms with Gasteiger partial charge in [0.25, 0.3) is 0 Å². The van der Waals surface area contributed by atoms with Crippen LogP contribution in [-0.2, 0) is 14.8 Å². The van der Waals surface area contributed by atoms with Crippen LogP contribution in [0.5, 0.6) is 5.75 Å². The summed E-state index contributed by atoms with van der Waals surface area (Å²) in [7, 11) is -4.20. The van der Waals surface area contributed by atoms with Gasteiger partial charge in [-0.3, -0.25) is 9.69 Å². The zero-order valence-electron chi connectivity index (χ0n) is 11.8. The number of benzene rings is 2. The van der Waals surface area contributed by atoms with Crippen molar-refractivity contribution in [1.82, 2.24) is 0 Å². The maximum Gasteiger partial charge on any atom is 0.240 e. The number of hydrogen-bond acceptors (Lipinski definition) is 4. The molecule has 2 aromatic rings. The van der Waals surface area contributed by atoms with Gasteiger partial charge in [0.1, 0.15) is 10.6 Å². The van der Waals surface area contributed by atoms with Crippen LogP contribution in [0.25, 0.3) is 0 Å². The molecule has 1 amide bonds. The number of hydrogen-bond donors (Lipinski definition) is 2. The Morgan fingerprint density at radius 2 is 1.78 bits per heavy atom. The normalized spacial score (nSPS) is 11.3. The van der Waals surface area contributed by atoms with Crippen molar-refractivity contribution in [1.29, 1.82) is 0 Å². The van der Waals surface area contributed by atoms with Crippen molar-refractivity contribution in [3.8, 4) is 5.75 Å². The van der Waals surface area contributed by atoms with Crippen LogP contribution in [0.15, 0.2) is 41.3 Å². The Bertz CT molecular complexity index is 884. The lowest BCUT2D eigenvalue weighted by atomic mass is 10.2. The maximum absolute atomic E-state index is 12.1. The molecule has 0 aliphatic carbocycles. The monoisotopic (exact) mass is 374 g/mol. The standard InChI is InChI=1S/C14H12Cl2N2O4S/c1-8(19)18(13-6-9(15)2-4-11(13)16)12-5-3-10(20)7-14(12)23(17,21)22/h2-7,20H,1H3,(H2,17,21,22). The van der Waals surface area contributed by atoms with Gasteiger partial charge in [-0.1, -0.05) is 23.2 Å². The molecule has 3 N–H and O–H groups in total. The molecule has 2 rings (SSSR count). The Kier molecular flexibility index (Phi) is 4.86. The van der Waals surface area contributed by atoms with E-state index in [1.807, 2.05) is 0 Å². The highest BCUT2D eigenvalue weighted by atomic mass is 35.5. The molecule has 23 heavy (non-hydrogen) atoms. The van der Waals surface area contributed by atoms with Crippen LogP contribution in [0.1, 0.15) is 6.92 Å². The first kappa shape index (κ1) is 17.6. The largest absolute Gasteiger partial charge is 0.508 e. The van der Waals surface area contributed by atoms with Gasteiger partial charge in [-0.05, 0) is 30.3 Å². The third-order valence-electron chi connectivity index (χ3n) is 2.95. The number of carbonyl (C=O) groups is 1. The average molecular weight is 375 g/mol. The van der Waals surface area contributed by atoms with Gasteiger partial charge in [-0.15, -0.1) is 0 Å². The third-order valence-corrected chi connectivity index (χ3v) is 4.45. The van der Waals surface area contributed by atoms with Crippen molar-refractivity contribution in [2.24, 2.45) is 5.14 Å². The molecule has 0 aliphatic heterocycles. The number of amides is 1. The van der Waals surface area contributed by atoms with E-state index in [2.05, 4.69) is 0 Å². The first-order valence-corrected chi connectivity index (χ1v) is 8.53. The minimum absolute atomic E-state index is 0.0398. The van der Waals surface area contributed by atoms with E-state index in [1.54, 1.807) is 0 Å². The number of phenols is 1. The van der Waals surface area contributed by atoms with Gasteiger partial charge in [0, 0.05) is 18.0 Å². The quantitative estimate of drug-likeness (QED) is 0.861. The predicted octanol–water partition coefficient (Wildman–Crippen LogP) is 3.03. The number of primary sulfonamides is 1. The van der Waals surface area contributed by atoms with E-state index >= 15 is 0 Å². The van der Waals surface area contributed by atoms with Crippen molar-refractivity contribution in [3.05, 3.63) is 46.4 Å². The number of aromatic hydroxyl groups is 1. The van der Waals surface area contributed by atoms with Crippen molar-refractivity contribution in [2.45, 2.75) is 11.8 Å². The number of anilines is 2. The second kappa shape index (κ2) is 6.37.